The molecule has 1 aliphatic heterocycles. The summed E-state index contributed by atoms with van der Waals surface area (Å²) in [5, 5.41) is 0. The first-order valence-corrected chi connectivity index (χ1v) is 8.35. The van der Waals surface area contributed by atoms with Gasteiger partial charge in [-0.25, -0.2) is 0 Å². The number of rotatable bonds is 6. The maximum absolute atomic E-state index is 6.10. The van der Waals surface area contributed by atoms with E-state index in [-0.39, 0.29) is 0 Å². The van der Waals surface area contributed by atoms with Crippen molar-refractivity contribution in [2.24, 2.45) is 11.7 Å². The summed E-state index contributed by atoms with van der Waals surface area (Å²) in [5.74, 6) is 2.20. The zero-order valence-electron chi connectivity index (χ0n) is 13.8. The van der Waals surface area contributed by atoms with Gasteiger partial charge in [-0.05, 0) is 81.9 Å². The number of hydrogen-bond donors (Lipinski definition) is 1. The molecule has 0 amide bonds. The third-order valence-electron chi connectivity index (χ3n) is 4.83. The second-order valence-electron chi connectivity index (χ2n) is 6.07. The smallest absolute Gasteiger partial charge is 0.122 e. The van der Waals surface area contributed by atoms with E-state index in [1.807, 2.05) is 6.92 Å². The molecule has 0 aromatic heterocycles. The summed E-state index contributed by atoms with van der Waals surface area (Å²) >= 11 is 0. The number of benzene rings is 1. The van der Waals surface area contributed by atoms with Crippen molar-refractivity contribution in [3.8, 4) is 5.75 Å². The monoisotopic (exact) mass is 290 g/mol. The van der Waals surface area contributed by atoms with Gasteiger partial charge in [-0.2, -0.15) is 0 Å². The second kappa shape index (κ2) is 7.81. The fraction of sp³-hybridized carbons (Fsp3) is 0.667. The number of nitrogens with zero attached hydrogens (tertiary/aromatic N) is 1. The van der Waals surface area contributed by atoms with Gasteiger partial charge in [0.15, 0.2) is 0 Å². The Morgan fingerprint density at radius 2 is 2.00 bits per heavy atom. The lowest BCUT2D eigenvalue weighted by molar-refractivity contribution is 0.176. The van der Waals surface area contributed by atoms with E-state index in [4.69, 9.17) is 10.5 Å². The summed E-state index contributed by atoms with van der Waals surface area (Å²) in [6.07, 6.45) is 2.53. The Kier molecular flexibility index (Phi) is 6.07. The summed E-state index contributed by atoms with van der Waals surface area (Å²) in [7, 11) is 0. The van der Waals surface area contributed by atoms with Crippen molar-refractivity contribution in [3.05, 3.63) is 29.3 Å². The minimum absolute atomic E-state index is 0.485. The van der Waals surface area contributed by atoms with E-state index >= 15 is 0 Å². The standard InChI is InChI=1S/C18H30N2O/c1-4-20-10-8-15(9-11-20)17(13-19)16-6-7-18(21-5-2)14(3)12-16/h6-7,12,15,17H,4-5,8-11,13,19H2,1-3H3. The lowest BCUT2D eigenvalue weighted by Gasteiger charge is -2.35. The number of piperidine rings is 1. The highest BCUT2D eigenvalue weighted by atomic mass is 16.5. The van der Waals surface area contributed by atoms with Gasteiger partial charge in [0.05, 0.1) is 6.61 Å². The molecule has 0 bridgehead atoms. The van der Waals surface area contributed by atoms with Crippen LogP contribution in [0.3, 0.4) is 0 Å². The van der Waals surface area contributed by atoms with E-state index < -0.39 is 0 Å². The molecule has 1 atom stereocenters. The summed E-state index contributed by atoms with van der Waals surface area (Å²) in [5.41, 5.74) is 8.71. The molecule has 2 rings (SSSR count). The SMILES string of the molecule is CCOc1ccc(C(CN)C2CCN(CC)CC2)cc1C. The molecule has 3 heteroatoms. The third kappa shape index (κ3) is 3.98. The van der Waals surface area contributed by atoms with Crippen molar-refractivity contribution in [2.45, 2.75) is 39.5 Å². The van der Waals surface area contributed by atoms with Gasteiger partial charge in [0.25, 0.3) is 0 Å². The molecule has 118 valence electrons. The quantitative estimate of drug-likeness (QED) is 0.874. The maximum Gasteiger partial charge on any atom is 0.122 e. The number of ether oxygens (including phenoxy) is 1. The normalized spacial score (nSPS) is 18.7. The predicted octanol–water partition coefficient (Wildman–Crippen LogP) is 3.17. The Hall–Kier alpha value is -1.06. The van der Waals surface area contributed by atoms with Crippen LogP contribution in [0, 0.1) is 12.8 Å². The van der Waals surface area contributed by atoms with E-state index in [2.05, 4.69) is 36.9 Å². The van der Waals surface area contributed by atoms with Crippen molar-refractivity contribution in [3.63, 3.8) is 0 Å². The molecule has 0 saturated carbocycles. The Labute approximate surface area is 129 Å². The van der Waals surface area contributed by atoms with E-state index in [1.54, 1.807) is 0 Å². The van der Waals surface area contributed by atoms with Gasteiger partial charge in [0.1, 0.15) is 5.75 Å². The third-order valence-corrected chi connectivity index (χ3v) is 4.83. The van der Waals surface area contributed by atoms with Gasteiger partial charge in [0, 0.05) is 0 Å². The van der Waals surface area contributed by atoms with Crippen LogP contribution < -0.4 is 10.5 Å². The topological polar surface area (TPSA) is 38.5 Å². The molecule has 0 aliphatic carbocycles. The molecule has 1 aliphatic rings. The molecule has 0 radical (unpaired) electrons. The van der Waals surface area contributed by atoms with E-state index in [1.165, 1.54) is 43.6 Å². The van der Waals surface area contributed by atoms with Crippen LogP contribution in [0.2, 0.25) is 0 Å². The minimum atomic E-state index is 0.485. The molecule has 1 aromatic rings. The van der Waals surface area contributed by atoms with Crippen LogP contribution in [0.25, 0.3) is 0 Å². The van der Waals surface area contributed by atoms with Gasteiger partial charge in [0.2, 0.25) is 0 Å². The van der Waals surface area contributed by atoms with Crippen LogP contribution in [0.5, 0.6) is 5.75 Å². The van der Waals surface area contributed by atoms with Gasteiger partial charge in [-0.15, -0.1) is 0 Å². The molecule has 2 N–H and O–H groups in total. The average Bonchev–Trinajstić information content (AvgIpc) is 2.51. The van der Waals surface area contributed by atoms with Crippen LogP contribution in [0.15, 0.2) is 18.2 Å². The number of nitrogens with two attached hydrogens (primary N) is 1. The highest BCUT2D eigenvalue weighted by molar-refractivity contribution is 5.38. The first-order valence-electron chi connectivity index (χ1n) is 8.35. The average molecular weight is 290 g/mol. The molecular formula is C18H30N2O. The molecule has 1 aromatic carbocycles. The molecule has 3 nitrogen and oxygen atoms in total. The van der Waals surface area contributed by atoms with E-state index in [0.29, 0.717) is 5.92 Å². The predicted molar refractivity (Wildman–Crippen MR) is 89.0 cm³/mol. The van der Waals surface area contributed by atoms with Gasteiger partial charge in [-0.1, -0.05) is 19.1 Å². The fourth-order valence-electron chi connectivity index (χ4n) is 3.49. The van der Waals surface area contributed by atoms with Crippen molar-refractivity contribution >= 4 is 0 Å². The molecule has 1 fully saturated rings. The summed E-state index contributed by atoms with van der Waals surface area (Å²) in [4.78, 5) is 2.54. The first-order chi connectivity index (χ1) is 10.2. The Morgan fingerprint density at radius 1 is 1.29 bits per heavy atom. The van der Waals surface area contributed by atoms with Crippen LogP contribution >= 0.6 is 0 Å². The van der Waals surface area contributed by atoms with Crippen molar-refractivity contribution in [1.82, 2.24) is 4.90 Å². The summed E-state index contributed by atoms with van der Waals surface area (Å²) in [6.45, 7) is 11.5. The Balaban J connectivity index is 2.09. The zero-order chi connectivity index (χ0) is 15.2. The van der Waals surface area contributed by atoms with Gasteiger partial charge in [-0.3, -0.25) is 0 Å². The highest BCUT2D eigenvalue weighted by Crippen LogP contribution is 2.33. The van der Waals surface area contributed by atoms with Crippen molar-refractivity contribution in [2.75, 3.05) is 32.8 Å². The van der Waals surface area contributed by atoms with Crippen LogP contribution in [-0.2, 0) is 0 Å². The molecular weight excluding hydrogens is 260 g/mol. The van der Waals surface area contributed by atoms with Crippen LogP contribution in [0.4, 0.5) is 0 Å². The molecule has 1 heterocycles. The Morgan fingerprint density at radius 3 is 2.52 bits per heavy atom. The summed E-state index contributed by atoms with van der Waals surface area (Å²) < 4.78 is 5.64. The molecule has 1 saturated heterocycles. The van der Waals surface area contributed by atoms with E-state index in [9.17, 15) is 0 Å². The molecule has 21 heavy (non-hydrogen) atoms. The van der Waals surface area contributed by atoms with Crippen molar-refractivity contribution < 1.29 is 4.74 Å². The van der Waals surface area contributed by atoms with Crippen LogP contribution in [-0.4, -0.2) is 37.7 Å². The lowest BCUT2D eigenvalue weighted by Crippen LogP contribution is -2.36. The lowest BCUT2D eigenvalue weighted by atomic mass is 9.79. The number of aryl methyl sites for hydroxylation is 1. The number of hydrogen-bond acceptors (Lipinski definition) is 3. The Bertz CT molecular complexity index is 439. The van der Waals surface area contributed by atoms with Gasteiger partial charge < -0.3 is 15.4 Å². The van der Waals surface area contributed by atoms with Gasteiger partial charge >= 0.3 is 0 Å². The first kappa shape index (κ1) is 16.3. The zero-order valence-corrected chi connectivity index (χ0v) is 13.8. The number of likely N-dealkylation sites (tertiary alicyclic amines) is 1. The highest BCUT2D eigenvalue weighted by Gasteiger charge is 2.26. The molecule has 0 spiro atoms. The summed E-state index contributed by atoms with van der Waals surface area (Å²) in [6, 6.07) is 6.59. The van der Waals surface area contributed by atoms with Crippen LogP contribution in [0.1, 0.15) is 43.7 Å². The van der Waals surface area contributed by atoms with Crippen molar-refractivity contribution in [1.29, 1.82) is 0 Å². The van der Waals surface area contributed by atoms with E-state index in [0.717, 1.165) is 24.8 Å². The maximum atomic E-state index is 6.10. The molecule has 1 unspecified atom stereocenters. The fourth-order valence-corrected chi connectivity index (χ4v) is 3.49. The minimum Gasteiger partial charge on any atom is -0.494 e. The largest absolute Gasteiger partial charge is 0.494 e. The second-order valence-corrected chi connectivity index (χ2v) is 6.07.